The average molecular weight is 258 g/mol. The minimum Gasteiger partial charge on any atom is -0.503 e. The number of hydrogen-bond acceptors (Lipinski definition) is 5. The number of aryl methyl sites for hydroxylation is 2. The van der Waals surface area contributed by atoms with E-state index < -0.39 is 5.82 Å². The van der Waals surface area contributed by atoms with Gasteiger partial charge in [-0.3, -0.25) is 0 Å². The van der Waals surface area contributed by atoms with Crippen LogP contribution in [0.2, 0.25) is 0 Å². The highest BCUT2D eigenvalue weighted by molar-refractivity contribution is 5.66. The lowest BCUT2D eigenvalue weighted by Crippen LogP contribution is -2.01. The first-order chi connectivity index (χ1) is 9.02. The highest BCUT2D eigenvalue weighted by atomic mass is 19.1. The summed E-state index contributed by atoms with van der Waals surface area (Å²) in [4.78, 5) is 7.67. The van der Waals surface area contributed by atoms with E-state index in [4.69, 9.17) is 5.26 Å². The normalized spacial score (nSPS) is 10.0. The van der Waals surface area contributed by atoms with Gasteiger partial charge in [-0.1, -0.05) is 0 Å². The molecule has 5 nitrogen and oxygen atoms in total. The number of aromatic hydroxyl groups is 1. The van der Waals surface area contributed by atoms with Crippen LogP contribution in [0, 0.1) is 31.0 Å². The van der Waals surface area contributed by atoms with Crippen LogP contribution < -0.4 is 5.32 Å². The number of anilines is 2. The van der Waals surface area contributed by atoms with Crippen LogP contribution in [0.3, 0.4) is 0 Å². The number of benzene rings is 1. The molecule has 0 bridgehead atoms. The van der Waals surface area contributed by atoms with E-state index in [9.17, 15) is 9.50 Å². The van der Waals surface area contributed by atoms with Crippen molar-refractivity contribution in [3.8, 4) is 11.8 Å². The molecule has 0 aliphatic rings. The molecule has 1 aromatic carbocycles. The molecule has 0 aliphatic carbocycles. The third-order valence-electron chi connectivity index (χ3n) is 2.67. The zero-order valence-corrected chi connectivity index (χ0v) is 10.4. The molecule has 1 aromatic heterocycles. The first-order valence-electron chi connectivity index (χ1n) is 5.50. The molecule has 2 aromatic rings. The van der Waals surface area contributed by atoms with Gasteiger partial charge in [0.05, 0.1) is 23.0 Å². The summed E-state index contributed by atoms with van der Waals surface area (Å²) in [6.07, 6.45) is 1.27. The summed E-state index contributed by atoms with van der Waals surface area (Å²) in [5, 5.41) is 21.2. The van der Waals surface area contributed by atoms with E-state index in [2.05, 4.69) is 15.3 Å². The molecule has 0 unspecified atom stereocenters. The number of nitrogens with zero attached hydrogens (tertiary/aromatic N) is 3. The van der Waals surface area contributed by atoms with Crippen molar-refractivity contribution in [1.82, 2.24) is 9.97 Å². The summed E-state index contributed by atoms with van der Waals surface area (Å²) in [6.45, 7) is 3.28. The van der Waals surface area contributed by atoms with Gasteiger partial charge in [-0.05, 0) is 31.5 Å². The fraction of sp³-hybridized carbons (Fsp3) is 0.154. The lowest BCUT2D eigenvalue weighted by atomic mass is 10.1. The Morgan fingerprint density at radius 1 is 1.32 bits per heavy atom. The fourth-order valence-electron chi connectivity index (χ4n) is 1.64. The first kappa shape index (κ1) is 12.8. The maximum atomic E-state index is 13.9. The Balaban J connectivity index is 2.45. The van der Waals surface area contributed by atoms with E-state index in [1.165, 1.54) is 6.33 Å². The monoisotopic (exact) mass is 258 g/mol. The second-order valence-corrected chi connectivity index (χ2v) is 4.04. The molecule has 0 fully saturated rings. The summed E-state index contributed by atoms with van der Waals surface area (Å²) in [5.41, 5.74) is 1.35. The van der Waals surface area contributed by atoms with Crippen LogP contribution >= 0.6 is 0 Å². The number of nitriles is 1. The number of rotatable bonds is 2. The molecule has 2 N–H and O–H groups in total. The second-order valence-electron chi connectivity index (χ2n) is 4.04. The number of aromatic nitrogens is 2. The topological polar surface area (TPSA) is 81.8 Å². The third-order valence-corrected chi connectivity index (χ3v) is 2.67. The molecule has 0 atom stereocenters. The largest absolute Gasteiger partial charge is 0.503 e. The van der Waals surface area contributed by atoms with Gasteiger partial charge < -0.3 is 10.4 Å². The molecule has 0 saturated carbocycles. The molecule has 0 amide bonds. The Morgan fingerprint density at radius 3 is 2.68 bits per heavy atom. The molecule has 0 aliphatic heterocycles. The Hall–Kier alpha value is -2.68. The minimum absolute atomic E-state index is 0.124. The van der Waals surface area contributed by atoms with Gasteiger partial charge in [-0.25, -0.2) is 14.4 Å². The van der Waals surface area contributed by atoms with Crippen molar-refractivity contribution in [1.29, 1.82) is 5.26 Å². The van der Waals surface area contributed by atoms with Crippen LogP contribution in [0.4, 0.5) is 15.9 Å². The van der Waals surface area contributed by atoms with Gasteiger partial charge >= 0.3 is 0 Å². The Labute approximate surface area is 109 Å². The van der Waals surface area contributed by atoms with Crippen LogP contribution in [-0.4, -0.2) is 15.1 Å². The predicted molar refractivity (Wildman–Crippen MR) is 67.6 cm³/mol. The second kappa shape index (κ2) is 4.90. The average Bonchev–Trinajstić information content (AvgIpc) is 2.38. The van der Waals surface area contributed by atoms with Crippen LogP contribution in [0.25, 0.3) is 0 Å². The van der Waals surface area contributed by atoms with Gasteiger partial charge in [0.15, 0.2) is 11.6 Å². The highest BCUT2D eigenvalue weighted by Crippen LogP contribution is 2.29. The third kappa shape index (κ3) is 2.45. The lowest BCUT2D eigenvalue weighted by molar-refractivity contribution is 0.467. The van der Waals surface area contributed by atoms with Crippen molar-refractivity contribution < 1.29 is 9.50 Å². The summed E-state index contributed by atoms with van der Waals surface area (Å²) in [7, 11) is 0. The van der Waals surface area contributed by atoms with Crippen molar-refractivity contribution >= 4 is 11.5 Å². The quantitative estimate of drug-likeness (QED) is 0.865. The maximum absolute atomic E-state index is 13.9. The number of hydrogen-bond donors (Lipinski definition) is 2. The maximum Gasteiger partial charge on any atom is 0.180 e. The van der Waals surface area contributed by atoms with E-state index in [-0.39, 0.29) is 22.8 Å². The highest BCUT2D eigenvalue weighted by Gasteiger charge is 2.12. The fourth-order valence-corrected chi connectivity index (χ4v) is 1.64. The summed E-state index contributed by atoms with van der Waals surface area (Å²) in [6, 6.07) is 4.55. The van der Waals surface area contributed by atoms with Crippen LogP contribution in [0.5, 0.6) is 5.75 Å². The number of nitrogens with one attached hydrogen (secondary N) is 1. The van der Waals surface area contributed by atoms with Gasteiger partial charge in [0.1, 0.15) is 12.1 Å². The van der Waals surface area contributed by atoms with Crippen molar-refractivity contribution in [3.05, 3.63) is 41.1 Å². The minimum atomic E-state index is -0.577. The molecule has 0 spiro atoms. The molecule has 6 heteroatoms. The molecule has 0 radical (unpaired) electrons. The van der Waals surface area contributed by atoms with Crippen molar-refractivity contribution in [2.75, 3.05) is 5.32 Å². The van der Waals surface area contributed by atoms with Crippen molar-refractivity contribution in [3.63, 3.8) is 0 Å². The Bertz CT molecular complexity index is 656. The zero-order valence-electron chi connectivity index (χ0n) is 10.4. The smallest absolute Gasteiger partial charge is 0.180 e. The molecular weight excluding hydrogens is 247 g/mol. The molecule has 96 valence electrons. The van der Waals surface area contributed by atoms with Gasteiger partial charge in [-0.15, -0.1) is 0 Å². The van der Waals surface area contributed by atoms with E-state index in [0.717, 1.165) is 6.07 Å². The molecule has 2 rings (SSSR count). The molecular formula is C13H11FN4O. The van der Waals surface area contributed by atoms with Crippen molar-refractivity contribution in [2.45, 2.75) is 13.8 Å². The van der Waals surface area contributed by atoms with Gasteiger partial charge in [-0.2, -0.15) is 5.26 Å². The van der Waals surface area contributed by atoms with Gasteiger partial charge in [0, 0.05) is 0 Å². The Morgan fingerprint density at radius 2 is 2.05 bits per heavy atom. The van der Waals surface area contributed by atoms with E-state index in [1.54, 1.807) is 19.9 Å². The zero-order chi connectivity index (χ0) is 14.0. The molecule has 0 saturated heterocycles. The van der Waals surface area contributed by atoms with Gasteiger partial charge in [0.25, 0.3) is 0 Å². The Kier molecular flexibility index (Phi) is 3.29. The van der Waals surface area contributed by atoms with Crippen LogP contribution in [-0.2, 0) is 0 Å². The van der Waals surface area contributed by atoms with Crippen LogP contribution in [0.1, 0.15) is 16.8 Å². The summed E-state index contributed by atoms with van der Waals surface area (Å²) in [5.74, 6) is -0.586. The summed E-state index contributed by atoms with van der Waals surface area (Å²) < 4.78 is 13.9. The standard InChI is InChI=1S/C13H11FN4O/c1-7-3-9(5-15)4-10(14)11(7)18-13-12(19)8(2)16-6-17-13/h3-4,6,19H,1-2H3,(H,16,17,18). The lowest BCUT2D eigenvalue weighted by Gasteiger charge is -2.12. The molecule has 1 heterocycles. The first-order valence-corrected chi connectivity index (χ1v) is 5.50. The SMILES string of the molecule is Cc1cc(C#N)cc(F)c1Nc1ncnc(C)c1O. The van der Waals surface area contributed by atoms with E-state index >= 15 is 0 Å². The van der Waals surface area contributed by atoms with E-state index in [0.29, 0.717) is 11.3 Å². The van der Waals surface area contributed by atoms with Gasteiger partial charge in [0.2, 0.25) is 0 Å². The molecule has 19 heavy (non-hydrogen) atoms. The van der Waals surface area contributed by atoms with E-state index in [1.807, 2.05) is 6.07 Å². The summed E-state index contributed by atoms with van der Waals surface area (Å²) >= 11 is 0. The van der Waals surface area contributed by atoms with Crippen molar-refractivity contribution in [2.24, 2.45) is 0 Å². The predicted octanol–water partition coefficient (Wildman–Crippen LogP) is 2.55. The van der Waals surface area contributed by atoms with Crippen LogP contribution in [0.15, 0.2) is 18.5 Å². The number of halogens is 1.